The number of hydrogen-bond donors (Lipinski definition) is 1. The number of aromatic nitrogens is 2. The minimum Gasteiger partial charge on any atom is -0.481 e. The second kappa shape index (κ2) is 6.76. The summed E-state index contributed by atoms with van der Waals surface area (Å²) < 4.78 is 1.59. The van der Waals surface area contributed by atoms with Crippen LogP contribution in [0.2, 0.25) is 0 Å². The van der Waals surface area contributed by atoms with Crippen LogP contribution in [0.15, 0.2) is 34.2 Å². The monoisotopic (exact) mass is 306 g/mol. The molecule has 2 aromatic rings. The zero-order valence-electron chi connectivity index (χ0n) is 12.1. The van der Waals surface area contributed by atoms with Crippen molar-refractivity contribution >= 4 is 28.6 Å². The van der Waals surface area contributed by atoms with Crippen molar-refractivity contribution in [1.29, 1.82) is 0 Å². The Hall–Kier alpha value is -1.82. The van der Waals surface area contributed by atoms with Crippen molar-refractivity contribution < 1.29 is 9.90 Å². The van der Waals surface area contributed by atoms with E-state index in [-0.39, 0.29) is 11.3 Å². The van der Waals surface area contributed by atoms with Gasteiger partial charge in [-0.15, -0.1) is 0 Å². The number of nitrogens with zero attached hydrogens (tertiary/aromatic N) is 2. The van der Waals surface area contributed by atoms with Gasteiger partial charge in [0.15, 0.2) is 5.16 Å². The molecule has 0 aliphatic heterocycles. The molecule has 1 heterocycles. The molecule has 0 amide bonds. The van der Waals surface area contributed by atoms with Crippen LogP contribution in [-0.4, -0.2) is 26.4 Å². The fourth-order valence-electron chi connectivity index (χ4n) is 1.97. The summed E-state index contributed by atoms with van der Waals surface area (Å²) in [4.78, 5) is 27.8. The predicted molar refractivity (Wildman–Crippen MR) is 83.8 cm³/mol. The summed E-state index contributed by atoms with van der Waals surface area (Å²) in [5.41, 5.74) is 0.505. The van der Waals surface area contributed by atoms with Gasteiger partial charge in [-0.1, -0.05) is 37.7 Å². The smallest absolute Gasteiger partial charge is 0.313 e. The van der Waals surface area contributed by atoms with Crippen molar-refractivity contribution in [3.8, 4) is 0 Å². The predicted octanol–water partition coefficient (Wildman–Crippen LogP) is 2.62. The minimum atomic E-state index is -0.919. The standard InChI is InChI=1S/C15H18N2O3S/c1-10(2)7-8-17-14(20)11-5-3-4-6-12(11)16-15(17)21-9-13(18)19/h3-6,10H,7-9H2,1-2H3,(H,18,19). The number of benzene rings is 1. The molecule has 0 unspecified atom stereocenters. The van der Waals surface area contributed by atoms with Gasteiger partial charge >= 0.3 is 5.97 Å². The first-order valence-electron chi connectivity index (χ1n) is 6.83. The highest BCUT2D eigenvalue weighted by atomic mass is 32.2. The molecule has 0 saturated heterocycles. The van der Waals surface area contributed by atoms with Gasteiger partial charge in [-0.2, -0.15) is 0 Å². The van der Waals surface area contributed by atoms with Crippen LogP contribution in [0.5, 0.6) is 0 Å². The molecule has 0 aliphatic carbocycles. The van der Waals surface area contributed by atoms with E-state index in [0.717, 1.165) is 18.2 Å². The first-order valence-corrected chi connectivity index (χ1v) is 7.81. The molecule has 0 aliphatic rings. The van der Waals surface area contributed by atoms with Crippen molar-refractivity contribution in [3.63, 3.8) is 0 Å². The van der Waals surface area contributed by atoms with Gasteiger partial charge in [0.1, 0.15) is 0 Å². The normalized spacial score (nSPS) is 11.2. The topological polar surface area (TPSA) is 72.2 Å². The lowest BCUT2D eigenvalue weighted by atomic mass is 10.1. The van der Waals surface area contributed by atoms with Crippen LogP contribution in [0.4, 0.5) is 0 Å². The van der Waals surface area contributed by atoms with Crippen molar-refractivity contribution in [2.24, 2.45) is 5.92 Å². The maximum Gasteiger partial charge on any atom is 0.313 e. The molecule has 0 fully saturated rings. The number of hydrogen-bond acceptors (Lipinski definition) is 4. The van der Waals surface area contributed by atoms with E-state index in [1.54, 1.807) is 16.7 Å². The first kappa shape index (κ1) is 15.6. The van der Waals surface area contributed by atoms with Crippen LogP contribution in [0, 0.1) is 5.92 Å². The van der Waals surface area contributed by atoms with E-state index in [0.29, 0.717) is 28.5 Å². The third kappa shape index (κ3) is 3.85. The molecule has 0 saturated carbocycles. The Morgan fingerprint density at radius 2 is 2.10 bits per heavy atom. The van der Waals surface area contributed by atoms with Crippen LogP contribution < -0.4 is 5.56 Å². The summed E-state index contributed by atoms with van der Waals surface area (Å²) in [6.07, 6.45) is 0.848. The molecule has 0 spiro atoms. The molecule has 0 atom stereocenters. The van der Waals surface area contributed by atoms with Crippen LogP contribution in [0.3, 0.4) is 0 Å². The summed E-state index contributed by atoms with van der Waals surface area (Å²) in [5.74, 6) is -0.564. The average Bonchev–Trinajstić information content (AvgIpc) is 2.44. The van der Waals surface area contributed by atoms with Gasteiger partial charge in [-0.05, 0) is 24.5 Å². The van der Waals surface area contributed by atoms with E-state index in [1.807, 2.05) is 12.1 Å². The number of carbonyl (C=O) groups is 1. The largest absolute Gasteiger partial charge is 0.481 e. The van der Waals surface area contributed by atoms with E-state index in [2.05, 4.69) is 18.8 Å². The van der Waals surface area contributed by atoms with Crippen molar-refractivity contribution in [3.05, 3.63) is 34.6 Å². The third-order valence-corrected chi connectivity index (χ3v) is 4.04. The van der Waals surface area contributed by atoms with Gasteiger partial charge in [-0.3, -0.25) is 14.2 Å². The lowest BCUT2D eigenvalue weighted by Gasteiger charge is -2.13. The number of thioether (sulfide) groups is 1. The van der Waals surface area contributed by atoms with Gasteiger partial charge in [-0.25, -0.2) is 4.98 Å². The molecule has 2 rings (SSSR count). The molecule has 21 heavy (non-hydrogen) atoms. The van der Waals surface area contributed by atoms with Crippen molar-refractivity contribution in [1.82, 2.24) is 9.55 Å². The van der Waals surface area contributed by atoms with E-state index in [4.69, 9.17) is 5.11 Å². The number of rotatable bonds is 6. The molecule has 0 radical (unpaired) electrons. The Labute approximate surface area is 127 Å². The van der Waals surface area contributed by atoms with Gasteiger partial charge in [0.05, 0.1) is 16.7 Å². The van der Waals surface area contributed by atoms with E-state index >= 15 is 0 Å². The highest BCUT2D eigenvalue weighted by molar-refractivity contribution is 7.99. The molecular weight excluding hydrogens is 288 g/mol. The van der Waals surface area contributed by atoms with Gasteiger partial charge < -0.3 is 5.11 Å². The van der Waals surface area contributed by atoms with Gasteiger partial charge in [0, 0.05) is 6.54 Å². The summed E-state index contributed by atoms with van der Waals surface area (Å²) in [7, 11) is 0. The maximum atomic E-state index is 12.6. The molecule has 0 bridgehead atoms. The molecule has 1 aromatic carbocycles. The van der Waals surface area contributed by atoms with Crippen molar-refractivity contribution in [2.45, 2.75) is 32.0 Å². The quantitative estimate of drug-likeness (QED) is 0.656. The van der Waals surface area contributed by atoms with Gasteiger partial charge in [0.2, 0.25) is 0 Å². The molecule has 6 heteroatoms. The Balaban J connectivity index is 2.48. The summed E-state index contributed by atoms with van der Waals surface area (Å²) in [6, 6.07) is 7.15. The van der Waals surface area contributed by atoms with Crippen molar-refractivity contribution in [2.75, 3.05) is 5.75 Å². The highest BCUT2D eigenvalue weighted by Gasteiger charge is 2.13. The number of para-hydroxylation sites is 1. The molecule has 5 nitrogen and oxygen atoms in total. The number of aliphatic carboxylic acids is 1. The number of carboxylic acid groups (broad SMARTS) is 1. The first-order chi connectivity index (χ1) is 9.99. The number of carboxylic acids is 1. The third-order valence-electron chi connectivity index (χ3n) is 3.08. The Morgan fingerprint density at radius 3 is 2.76 bits per heavy atom. The maximum absolute atomic E-state index is 12.6. The lowest BCUT2D eigenvalue weighted by molar-refractivity contribution is -0.133. The second-order valence-electron chi connectivity index (χ2n) is 5.23. The van der Waals surface area contributed by atoms with E-state index < -0.39 is 5.97 Å². The summed E-state index contributed by atoms with van der Waals surface area (Å²) >= 11 is 1.09. The lowest BCUT2D eigenvalue weighted by Crippen LogP contribution is -2.24. The minimum absolute atomic E-state index is 0.103. The Kier molecular flexibility index (Phi) is 5.01. The van der Waals surface area contributed by atoms with Crippen LogP contribution in [0.25, 0.3) is 10.9 Å². The van der Waals surface area contributed by atoms with Crippen LogP contribution in [0.1, 0.15) is 20.3 Å². The Morgan fingerprint density at radius 1 is 1.38 bits per heavy atom. The molecule has 1 aromatic heterocycles. The molecule has 1 N–H and O–H groups in total. The summed E-state index contributed by atoms with van der Waals surface area (Å²) in [5, 5.41) is 9.87. The number of fused-ring (bicyclic) bond motifs is 1. The average molecular weight is 306 g/mol. The van der Waals surface area contributed by atoms with Gasteiger partial charge in [0.25, 0.3) is 5.56 Å². The van der Waals surface area contributed by atoms with E-state index in [1.165, 1.54) is 0 Å². The zero-order valence-corrected chi connectivity index (χ0v) is 12.9. The molecular formula is C15H18N2O3S. The Bertz CT molecular complexity index is 710. The molecule has 112 valence electrons. The second-order valence-corrected chi connectivity index (χ2v) is 6.18. The van der Waals surface area contributed by atoms with Crippen LogP contribution in [-0.2, 0) is 11.3 Å². The fraction of sp³-hybridized carbons (Fsp3) is 0.400. The highest BCUT2D eigenvalue weighted by Crippen LogP contribution is 2.18. The van der Waals surface area contributed by atoms with Crippen LogP contribution >= 0.6 is 11.8 Å². The fourth-order valence-corrected chi connectivity index (χ4v) is 2.71. The zero-order chi connectivity index (χ0) is 15.4. The SMILES string of the molecule is CC(C)CCn1c(SCC(=O)O)nc2ccccc2c1=O. The van der Waals surface area contributed by atoms with E-state index in [9.17, 15) is 9.59 Å². The summed E-state index contributed by atoms with van der Waals surface area (Å²) in [6.45, 7) is 4.73.